The Labute approximate surface area is 90.0 Å². The molecule has 0 fully saturated rings. The first kappa shape index (κ1) is 9.86. The van der Waals surface area contributed by atoms with E-state index >= 15 is 0 Å². The summed E-state index contributed by atoms with van der Waals surface area (Å²) in [4.78, 5) is 0.633. The third kappa shape index (κ3) is 2.05. The van der Waals surface area contributed by atoms with Crippen LogP contribution in [0.4, 0.5) is 0 Å². The van der Waals surface area contributed by atoms with Gasteiger partial charge < -0.3 is 5.21 Å². The van der Waals surface area contributed by atoms with E-state index in [0.717, 1.165) is 0 Å². The molecule has 0 radical (unpaired) electrons. The van der Waals surface area contributed by atoms with Gasteiger partial charge in [0, 0.05) is 17.0 Å². The van der Waals surface area contributed by atoms with Gasteiger partial charge in [0.1, 0.15) is 0 Å². The van der Waals surface area contributed by atoms with Gasteiger partial charge in [0.2, 0.25) is 0 Å². The van der Waals surface area contributed by atoms with E-state index in [0.29, 0.717) is 9.63 Å². The number of hydrogen-bond acceptors (Lipinski definition) is 2. The average molecular weight is 219 g/mol. The van der Waals surface area contributed by atoms with Crippen molar-refractivity contribution in [1.29, 1.82) is 0 Å². The lowest BCUT2D eigenvalue weighted by molar-refractivity contribution is -0.646. The summed E-state index contributed by atoms with van der Waals surface area (Å²) in [6.07, 6.45) is 1.34. The Kier molecular flexibility index (Phi) is 2.78. The second-order valence-electron chi connectivity index (χ2n) is 2.95. The van der Waals surface area contributed by atoms with Crippen molar-refractivity contribution in [2.24, 2.45) is 0 Å². The van der Waals surface area contributed by atoms with Crippen molar-refractivity contribution in [3.8, 4) is 0 Å². The molecule has 3 nitrogen and oxygen atoms in total. The van der Waals surface area contributed by atoms with Gasteiger partial charge in [-0.3, -0.25) is 0 Å². The Morgan fingerprint density at radius 1 is 1.00 bits per heavy atom. The third-order valence-electron chi connectivity index (χ3n) is 1.94. The average Bonchev–Trinajstić information content (AvgIpc) is 2.30. The Balaban J connectivity index is 2.42. The molecule has 0 saturated carbocycles. The Bertz CT molecular complexity index is 485. The molecule has 0 amide bonds. The van der Waals surface area contributed by atoms with E-state index in [1.807, 2.05) is 6.07 Å². The van der Waals surface area contributed by atoms with E-state index in [1.165, 1.54) is 6.20 Å². The van der Waals surface area contributed by atoms with Gasteiger partial charge in [0.05, 0.1) is 0 Å². The number of benzene rings is 1. The maximum absolute atomic E-state index is 12.0. The van der Waals surface area contributed by atoms with Crippen LogP contribution < -0.4 is 4.73 Å². The zero-order valence-corrected chi connectivity index (χ0v) is 8.68. The van der Waals surface area contributed by atoms with Crippen molar-refractivity contribution in [3.63, 3.8) is 0 Å². The Morgan fingerprint density at radius 2 is 1.67 bits per heavy atom. The number of aromatic nitrogens is 1. The van der Waals surface area contributed by atoms with Gasteiger partial charge in [-0.1, -0.05) is 18.2 Å². The fourth-order valence-electron chi connectivity index (χ4n) is 1.22. The van der Waals surface area contributed by atoms with E-state index in [4.69, 9.17) is 0 Å². The lowest BCUT2D eigenvalue weighted by atomic mass is 10.4. The molecule has 1 aromatic carbocycles. The van der Waals surface area contributed by atoms with E-state index in [2.05, 4.69) is 0 Å². The highest BCUT2D eigenvalue weighted by molar-refractivity contribution is 7.84. The quantitative estimate of drug-likeness (QED) is 0.567. The van der Waals surface area contributed by atoms with E-state index in [9.17, 15) is 9.42 Å². The van der Waals surface area contributed by atoms with Crippen LogP contribution in [0.15, 0.2) is 64.6 Å². The predicted molar refractivity (Wildman–Crippen MR) is 56.5 cm³/mol. The normalized spacial score (nSPS) is 12.3. The molecule has 0 aliphatic rings. The van der Waals surface area contributed by atoms with Crippen LogP contribution in [-0.2, 0) is 10.8 Å². The van der Waals surface area contributed by atoms with Crippen LogP contribution in [0.25, 0.3) is 0 Å². The van der Waals surface area contributed by atoms with E-state index in [-0.39, 0.29) is 5.03 Å². The topological polar surface area (TPSA) is 44.0 Å². The highest BCUT2D eigenvalue weighted by Gasteiger charge is 2.14. The molecule has 0 saturated heterocycles. The van der Waals surface area contributed by atoms with Crippen molar-refractivity contribution < 1.29 is 8.94 Å². The Hall–Kier alpha value is -1.68. The summed E-state index contributed by atoms with van der Waals surface area (Å²) in [5.41, 5.74) is 0. The summed E-state index contributed by atoms with van der Waals surface area (Å²) < 4.78 is 12.6. The highest BCUT2D eigenvalue weighted by Crippen LogP contribution is 2.11. The fourth-order valence-corrected chi connectivity index (χ4v) is 2.29. The number of rotatable bonds is 2. The van der Waals surface area contributed by atoms with Crippen LogP contribution in [0.5, 0.6) is 0 Å². The van der Waals surface area contributed by atoms with Crippen molar-refractivity contribution in [2.45, 2.75) is 9.92 Å². The van der Waals surface area contributed by atoms with Crippen molar-refractivity contribution >= 4 is 10.8 Å². The second-order valence-corrected chi connectivity index (χ2v) is 4.37. The first-order valence-corrected chi connectivity index (χ1v) is 5.59. The number of hydrogen-bond donors (Lipinski definition) is 0. The molecule has 0 aliphatic carbocycles. The number of pyridine rings is 1. The second kappa shape index (κ2) is 4.23. The van der Waals surface area contributed by atoms with Crippen LogP contribution in [0.2, 0.25) is 0 Å². The molecule has 1 heterocycles. The third-order valence-corrected chi connectivity index (χ3v) is 3.33. The molecule has 15 heavy (non-hydrogen) atoms. The maximum atomic E-state index is 12.0. The summed E-state index contributed by atoms with van der Waals surface area (Å²) in [7, 11) is -1.41. The first-order valence-electron chi connectivity index (χ1n) is 4.44. The van der Waals surface area contributed by atoms with Gasteiger partial charge in [-0.05, 0) is 18.2 Å². The summed E-state index contributed by atoms with van der Waals surface area (Å²) in [6.45, 7) is 0. The molecule has 1 aromatic heterocycles. The van der Waals surface area contributed by atoms with Gasteiger partial charge >= 0.3 is 0 Å². The molecule has 0 bridgehead atoms. The minimum Gasteiger partial charge on any atom is -0.618 e. The van der Waals surface area contributed by atoms with Crippen molar-refractivity contribution in [1.82, 2.24) is 0 Å². The van der Waals surface area contributed by atoms with Crippen LogP contribution >= 0.6 is 0 Å². The molecule has 0 spiro atoms. The summed E-state index contributed by atoms with van der Waals surface area (Å²) in [5, 5.41) is 11.6. The molecular weight excluding hydrogens is 210 g/mol. The van der Waals surface area contributed by atoms with Gasteiger partial charge in [-0.15, -0.1) is 0 Å². The van der Waals surface area contributed by atoms with E-state index in [1.54, 1.807) is 42.5 Å². The summed E-state index contributed by atoms with van der Waals surface area (Å²) in [5.74, 6) is 0. The largest absolute Gasteiger partial charge is 0.618 e. The van der Waals surface area contributed by atoms with Gasteiger partial charge in [0.25, 0.3) is 5.03 Å². The highest BCUT2D eigenvalue weighted by atomic mass is 32.2. The SMILES string of the molecule is O=S(c1ccccc1)c1cccc[n+]1[O-]. The number of nitrogens with zero attached hydrogens (tertiary/aromatic N) is 1. The monoisotopic (exact) mass is 219 g/mol. The standard InChI is InChI=1S/C11H9NO2S/c13-12-9-5-4-8-11(12)15(14)10-6-2-1-3-7-10/h1-9H. The molecule has 76 valence electrons. The molecule has 1 unspecified atom stereocenters. The van der Waals surface area contributed by atoms with Crippen LogP contribution in [0, 0.1) is 5.21 Å². The molecular formula is C11H9NO2S. The van der Waals surface area contributed by atoms with Crippen LogP contribution in [0.1, 0.15) is 0 Å². The minimum absolute atomic E-state index is 0.253. The smallest absolute Gasteiger partial charge is 0.286 e. The first-order chi connectivity index (χ1) is 7.29. The zero-order chi connectivity index (χ0) is 10.7. The Morgan fingerprint density at radius 3 is 2.33 bits per heavy atom. The van der Waals surface area contributed by atoms with Crippen molar-refractivity contribution in [3.05, 3.63) is 59.9 Å². The predicted octanol–water partition coefficient (Wildman–Crippen LogP) is 1.49. The molecule has 4 heteroatoms. The molecule has 1 atom stereocenters. The lowest BCUT2D eigenvalue weighted by Crippen LogP contribution is -2.31. The van der Waals surface area contributed by atoms with Crippen LogP contribution in [0.3, 0.4) is 0 Å². The van der Waals surface area contributed by atoms with Gasteiger partial charge in [0.15, 0.2) is 17.0 Å². The summed E-state index contributed by atoms with van der Waals surface area (Å²) in [6, 6.07) is 13.8. The van der Waals surface area contributed by atoms with Gasteiger partial charge in [-0.25, -0.2) is 4.21 Å². The minimum atomic E-state index is -1.41. The van der Waals surface area contributed by atoms with E-state index < -0.39 is 10.8 Å². The van der Waals surface area contributed by atoms with Crippen molar-refractivity contribution in [2.75, 3.05) is 0 Å². The molecule has 0 N–H and O–H groups in total. The zero-order valence-electron chi connectivity index (χ0n) is 7.87. The molecule has 2 rings (SSSR count). The molecule has 2 aromatic rings. The van der Waals surface area contributed by atoms with Crippen LogP contribution in [-0.4, -0.2) is 4.21 Å². The summed E-state index contributed by atoms with van der Waals surface area (Å²) >= 11 is 0. The molecule has 0 aliphatic heterocycles. The van der Waals surface area contributed by atoms with Gasteiger partial charge in [-0.2, -0.15) is 4.73 Å². The fraction of sp³-hybridized carbons (Fsp3) is 0. The lowest BCUT2D eigenvalue weighted by Gasteiger charge is -2.02. The maximum Gasteiger partial charge on any atom is 0.286 e.